The molecule has 80 valence electrons. The van der Waals surface area contributed by atoms with Gasteiger partial charge >= 0.3 is 0 Å². The second-order valence-corrected chi connectivity index (χ2v) is 4.62. The summed E-state index contributed by atoms with van der Waals surface area (Å²) in [6.07, 6.45) is 8.48. The second kappa shape index (κ2) is 2.95. The third-order valence-electron chi connectivity index (χ3n) is 3.59. The molecular weight excluding hydrogens is 208 g/mol. The quantitative estimate of drug-likeness (QED) is 0.564. The molecule has 0 atom stereocenters. The van der Waals surface area contributed by atoms with E-state index in [0.717, 1.165) is 5.56 Å². The van der Waals surface area contributed by atoms with Crippen molar-refractivity contribution in [2.75, 3.05) is 0 Å². The van der Waals surface area contributed by atoms with E-state index in [1.165, 1.54) is 27.5 Å². The average molecular weight is 218 g/mol. The number of fused-ring (bicyclic) bond motifs is 2. The van der Waals surface area contributed by atoms with Crippen LogP contribution in [0.5, 0.6) is 0 Å². The molecular formula is C16H10O. The molecule has 4 rings (SSSR count). The molecule has 2 aromatic carbocycles. The largest absolute Gasteiger partial charge is 0.294 e. The molecule has 0 heterocycles. The van der Waals surface area contributed by atoms with Gasteiger partial charge in [-0.1, -0.05) is 42.5 Å². The monoisotopic (exact) mass is 218 g/mol. The van der Waals surface area contributed by atoms with Gasteiger partial charge in [0.15, 0.2) is 5.78 Å². The number of carbonyl (C=O) groups excluding carboxylic acids is 1. The number of benzene rings is 2. The number of carbonyl (C=O) groups is 1. The van der Waals surface area contributed by atoms with Crippen molar-refractivity contribution < 1.29 is 4.79 Å². The highest BCUT2D eigenvalue weighted by Crippen LogP contribution is 2.36. The van der Waals surface area contributed by atoms with Gasteiger partial charge < -0.3 is 0 Å². The van der Waals surface area contributed by atoms with Gasteiger partial charge in [-0.05, 0) is 39.1 Å². The Hall–Kier alpha value is -2.15. The van der Waals surface area contributed by atoms with E-state index in [1.807, 2.05) is 6.08 Å². The summed E-state index contributed by atoms with van der Waals surface area (Å²) in [5.74, 6) is 0.196. The number of allylic oxidation sites excluding steroid dienone is 1. The van der Waals surface area contributed by atoms with Crippen LogP contribution in [0.2, 0.25) is 0 Å². The summed E-state index contributed by atoms with van der Waals surface area (Å²) in [6.45, 7) is 0. The van der Waals surface area contributed by atoms with E-state index < -0.39 is 0 Å². The third-order valence-corrected chi connectivity index (χ3v) is 3.59. The summed E-state index contributed by atoms with van der Waals surface area (Å²) < 4.78 is 0. The Bertz CT molecular complexity index is 733. The van der Waals surface area contributed by atoms with Gasteiger partial charge in [-0.25, -0.2) is 0 Å². The fourth-order valence-electron chi connectivity index (χ4n) is 2.84. The van der Waals surface area contributed by atoms with Crippen molar-refractivity contribution in [2.24, 2.45) is 0 Å². The van der Waals surface area contributed by atoms with Crippen LogP contribution in [-0.2, 0) is 11.2 Å². The molecule has 0 bridgehead atoms. The first-order valence-electron chi connectivity index (χ1n) is 5.80. The number of hydrogen-bond acceptors (Lipinski definition) is 1. The van der Waals surface area contributed by atoms with Gasteiger partial charge in [0.25, 0.3) is 0 Å². The lowest BCUT2D eigenvalue weighted by Gasteiger charge is -2.14. The number of ketones is 1. The first-order valence-corrected chi connectivity index (χ1v) is 5.80. The molecule has 0 radical (unpaired) electrons. The van der Waals surface area contributed by atoms with Crippen LogP contribution < -0.4 is 0 Å². The van der Waals surface area contributed by atoms with Crippen LogP contribution in [0.3, 0.4) is 0 Å². The lowest BCUT2D eigenvalue weighted by Crippen LogP contribution is -2.06. The van der Waals surface area contributed by atoms with Crippen molar-refractivity contribution in [1.82, 2.24) is 0 Å². The minimum absolute atomic E-state index is 0.196. The smallest absolute Gasteiger partial charge is 0.160 e. The molecule has 17 heavy (non-hydrogen) atoms. The highest BCUT2D eigenvalue weighted by atomic mass is 16.1. The van der Waals surface area contributed by atoms with Gasteiger partial charge in [-0.2, -0.15) is 0 Å². The first-order chi connectivity index (χ1) is 8.33. The molecule has 0 N–H and O–H groups in total. The van der Waals surface area contributed by atoms with E-state index in [2.05, 4.69) is 36.4 Å². The van der Waals surface area contributed by atoms with Crippen LogP contribution in [0.15, 0.2) is 30.3 Å². The van der Waals surface area contributed by atoms with Gasteiger partial charge in [0, 0.05) is 6.42 Å². The summed E-state index contributed by atoms with van der Waals surface area (Å²) in [5, 5.41) is 2.59. The van der Waals surface area contributed by atoms with E-state index >= 15 is 0 Å². The Labute approximate surface area is 99.1 Å². The first kappa shape index (κ1) is 8.94. The zero-order valence-corrected chi connectivity index (χ0v) is 9.23. The Morgan fingerprint density at radius 3 is 2.76 bits per heavy atom. The lowest BCUT2D eigenvalue weighted by molar-refractivity contribution is -0.114. The summed E-state index contributed by atoms with van der Waals surface area (Å²) in [4.78, 5) is 11.5. The summed E-state index contributed by atoms with van der Waals surface area (Å²) >= 11 is 0. The van der Waals surface area contributed by atoms with Crippen molar-refractivity contribution in [3.8, 4) is 0 Å². The Morgan fingerprint density at radius 1 is 0.941 bits per heavy atom. The standard InChI is InChI=1S/C16H10O/c17-13-6-7-14-12(9-13)8-11-5-4-10-2-1-3-15(14)16(10)11/h1-8H,9H2. The minimum Gasteiger partial charge on any atom is -0.294 e. The fourth-order valence-corrected chi connectivity index (χ4v) is 2.84. The maximum absolute atomic E-state index is 11.5. The topological polar surface area (TPSA) is 17.1 Å². The second-order valence-electron chi connectivity index (χ2n) is 4.62. The molecule has 2 aliphatic carbocycles. The van der Waals surface area contributed by atoms with Crippen molar-refractivity contribution >= 4 is 34.8 Å². The van der Waals surface area contributed by atoms with Crippen molar-refractivity contribution in [3.63, 3.8) is 0 Å². The Morgan fingerprint density at radius 2 is 1.82 bits per heavy atom. The fraction of sp³-hybridized carbons (Fsp3) is 0.0625. The maximum atomic E-state index is 11.5. The Kier molecular flexibility index (Phi) is 1.55. The number of rotatable bonds is 0. The Balaban J connectivity index is 2.19. The van der Waals surface area contributed by atoms with Gasteiger partial charge in [0.1, 0.15) is 0 Å². The molecule has 0 saturated heterocycles. The van der Waals surface area contributed by atoms with Crippen molar-refractivity contribution in [2.45, 2.75) is 6.42 Å². The zero-order chi connectivity index (χ0) is 11.4. The van der Waals surface area contributed by atoms with Crippen LogP contribution in [0.1, 0.15) is 22.3 Å². The predicted molar refractivity (Wildman–Crippen MR) is 70.6 cm³/mol. The van der Waals surface area contributed by atoms with Gasteiger partial charge in [0.05, 0.1) is 0 Å². The number of hydrogen-bond donors (Lipinski definition) is 0. The molecule has 1 heteroatoms. The molecule has 0 amide bonds. The van der Waals surface area contributed by atoms with Crippen LogP contribution in [0, 0.1) is 0 Å². The summed E-state index contributed by atoms with van der Waals surface area (Å²) in [6, 6.07) is 8.53. The van der Waals surface area contributed by atoms with Crippen LogP contribution >= 0.6 is 0 Å². The van der Waals surface area contributed by atoms with Gasteiger partial charge in [-0.15, -0.1) is 0 Å². The summed E-state index contributed by atoms with van der Waals surface area (Å²) in [5.41, 5.74) is 4.90. The van der Waals surface area contributed by atoms with E-state index in [0.29, 0.717) is 6.42 Å². The lowest BCUT2D eigenvalue weighted by atomic mass is 9.89. The van der Waals surface area contributed by atoms with Crippen molar-refractivity contribution in [3.05, 3.63) is 52.6 Å². The highest BCUT2D eigenvalue weighted by Gasteiger charge is 2.18. The normalized spacial score (nSPS) is 15.6. The van der Waals surface area contributed by atoms with E-state index in [1.54, 1.807) is 6.08 Å². The molecule has 0 unspecified atom stereocenters. The average Bonchev–Trinajstić information content (AvgIpc) is 2.74. The molecule has 0 saturated carbocycles. The molecule has 2 aliphatic rings. The highest BCUT2D eigenvalue weighted by molar-refractivity contribution is 6.11. The van der Waals surface area contributed by atoms with Crippen LogP contribution in [-0.4, -0.2) is 5.78 Å². The van der Waals surface area contributed by atoms with Gasteiger partial charge in [0.2, 0.25) is 0 Å². The SMILES string of the molecule is O=C1C=Cc2c(cc3c4c(cccc24)C=C3)C1. The molecule has 0 spiro atoms. The summed E-state index contributed by atoms with van der Waals surface area (Å²) in [7, 11) is 0. The molecule has 0 aliphatic heterocycles. The van der Waals surface area contributed by atoms with Crippen LogP contribution in [0.25, 0.3) is 29.0 Å². The van der Waals surface area contributed by atoms with Crippen molar-refractivity contribution in [1.29, 1.82) is 0 Å². The third kappa shape index (κ3) is 1.11. The van der Waals surface area contributed by atoms with Gasteiger partial charge in [-0.3, -0.25) is 4.79 Å². The predicted octanol–water partition coefficient (Wildman–Crippen LogP) is 3.46. The molecule has 1 nitrogen and oxygen atoms in total. The zero-order valence-electron chi connectivity index (χ0n) is 9.23. The molecule has 2 aromatic rings. The molecule has 0 aromatic heterocycles. The minimum atomic E-state index is 0.196. The maximum Gasteiger partial charge on any atom is 0.160 e. The van der Waals surface area contributed by atoms with Crippen LogP contribution in [0.4, 0.5) is 0 Å². The molecule has 0 fully saturated rings. The van der Waals surface area contributed by atoms with E-state index in [-0.39, 0.29) is 5.78 Å². The van der Waals surface area contributed by atoms with E-state index in [4.69, 9.17) is 0 Å². The van der Waals surface area contributed by atoms with E-state index in [9.17, 15) is 4.79 Å².